The van der Waals surface area contributed by atoms with Crippen LogP contribution in [0.25, 0.3) is 11.2 Å². The summed E-state index contributed by atoms with van der Waals surface area (Å²) in [5.41, 5.74) is 1.81. The Kier molecular flexibility index (Phi) is 10.5. The van der Waals surface area contributed by atoms with E-state index in [2.05, 4.69) is 76.2 Å². The molecule has 0 aromatic carbocycles. The molecule has 7 nitrogen and oxygen atoms in total. The van der Waals surface area contributed by atoms with Crippen LogP contribution in [0.4, 0.5) is 5.82 Å². The molecule has 0 bridgehead atoms. The Morgan fingerprint density at radius 1 is 0.867 bits per heavy atom. The number of fused-ring (bicyclic) bond motifs is 1. The maximum absolute atomic E-state index is 4.66. The second-order valence-electron chi connectivity index (χ2n) is 8.28. The van der Waals surface area contributed by atoms with Gasteiger partial charge in [-0.25, -0.2) is 15.0 Å². The largest absolute Gasteiger partial charge is 0.366 e. The van der Waals surface area contributed by atoms with E-state index in [0.29, 0.717) is 12.1 Å². The van der Waals surface area contributed by atoms with E-state index in [-0.39, 0.29) is 0 Å². The molecule has 0 aliphatic rings. The Bertz CT molecular complexity index is 721. The monoisotopic (exact) mass is 417 g/mol. The van der Waals surface area contributed by atoms with E-state index in [4.69, 9.17) is 0 Å². The van der Waals surface area contributed by atoms with Gasteiger partial charge in [0.05, 0.1) is 6.33 Å². The maximum Gasteiger partial charge on any atom is 0.165 e. The smallest absolute Gasteiger partial charge is 0.165 e. The summed E-state index contributed by atoms with van der Waals surface area (Å²) >= 11 is 0. The van der Waals surface area contributed by atoms with E-state index < -0.39 is 0 Å². The third-order valence-electron chi connectivity index (χ3n) is 6.21. The number of imidazole rings is 1. The highest BCUT2D eigenvalue weighted by Crippen LogP contribution is 2.23. The quantitative estimate of drug-likeness (QED) is 0.462. The van der Waals surface area contributed by atoms with Crippen molar-refractivity contribution in [3.63, 3.8) is 0 Å². The first-order valence-electron chi connectivity index (χ1n) is 11.9. The van der Waals surface area contributed by atoms with E-state index >= 15 is 0 Å². The second kappa shape index (κ2) is 12.8. The van der Waals surface area contributed by atoms with Crippen LogP contribution >= 0.6 is 0 Å². The molecule has 1 N–H and O–H groups in total. The Balaban J connectivity index is 1.95. The van der Waals surface area contributed by atoms with Crippen molar-refractivity contribution >= 4 is 17.0 Å². The first kappa shape index (κ1) is 24.5. The van der Waals surface area contributed by atoms with Crippen molar-refractivity contribution in [1.29, 1.82) is 0 Å². The SMILES string of the molecule is CCN(CC)CCCC(C)Nc1ncnc2c1ncn2C(C)CCCN(CC)CC. The third-order valence-corrected chi connectivity index (χ3v) is 6.21. The Morgan fingerprint density at radius 3 is 2.07 bits per heavy atom. The minimum absolute atomic E-state index is 0.357. The highest BCUT2D eigenvalue weighted by atomic mass is 15.2. The van der Waals surface area contributed by atoms with Gasteiger partial charge in [-0.15, -0.1) is 0 Å². The van der Waals surface area contributed by atoms with Gasteiger partial charge in [0.25, 0.3) is 0 Å². The van der Waals surface area contributed by atoms with Crippen molar-refractivity contribution in [2.75, 3.05) is 44.6 Å². The minimum atomic E-state index is 0.357. The summed E-state index contributed by atoms with van der Waals surface area (Å²) in [6, 6.07) is 0.732. The highest BCUT2D eigenvalue weighted by molar-refractivity contribution is 5.82. The molecule has 7 heteroatoms. The molecular formula is C23H43N7. The summed E-state index contributed by atoms with van der Waals surface area (Å²) in [7, 11) is 0. The molecule has 2 unspecified atom stereocenters. The summed E-state index contributed by atoms with van der Waals surface area (Å²) < 4.78 is 2.20. The van der Waals surface area contributed by atoms with Crippen LogP contribution in [0.5, 0.6) is 0 Å². The number of anilines is 1. The van der Waals surface area contributed by atoms with Crippen molar-refractivity contribution in [2.24, 2.45) is 0 Å². The van der Waals surface area contributed by atoms with E-state index in [1.54, 1.807) is 6.33 Å². The normalized spacial score (nSPS) is 14.0. The molecule has 0 aliphatic heterocycles. The molecular weight excluding hydrogens is 374 g/mol. The van der Waals surface area contributed by atoms with Gasteiger partial charge in [0.15, 0.2) is 11.5 Å². The van der Waals surface area contributed by atoms with E-state index in [0.717, 1.165) is 69.1 Å². The predicted molar refractivity (Wildman–Crippen MR) is 127 cm³/mol. The number of hydrogen-bond donors (Lipinski definition) is 1. The zero-order chi connectivity index (χ0) is 21.9. The van der Waals surface area contributed by atoms with Gasteiger partial charge in [-0.1, -0.05) is 27.7 Å². The molecule has 2 heterocycles. The average Bonchev–Trinajstić information content (AvgIpc) is 3.19. The van der Waals surface area contributed by atoms with Crippen LogP contribution in [0.15, 0.2) is 12.7 Å². The first-order chi connectivity index (χ1) is 14.5. The van der Waals surface area contributed by atoms with Crippen LogP contribution in [0, 0.1) is 0 Å². The summed E-state index contributed by atoms with van der Waals surface area (Å²) in [6.45, 7) is 20.2. The van der Waals surface area contributed by atoms with Crippen LogP contribution in [-0.2, 0) is 0 Å². The molecule has 30 heavy (non-hydrogen) atoms. The van der Waals surface area contributed by atoms with E-state index in [1.165, 1.54) is 12.8 Å². The second-order valence-corrected chi connectivity index (χ2v) is 8.28. The molecule has 0 fully saturated rings. The van der Waals surface area contributed by atoms with Crippen molar-refractivity contribution in [2.45, 2.75) is 79.3 Å². The molecule has 0 saturated carbocycles. The van der Waals surface area contributed by atoms with Crippen molar-refractivity contribution in [3.8, 4) is 0 Å². The predicted octanol–water partition coefficient (Wildman–Crippen LogP) is 4.43. The lowest BCUT2D eigenvalue weighted by atomic mass is 10.1. The van der Waals surface area contributed by atoms with Crippen LogP contribution in [-0.4, -0.2) is 74.6 Å². The minimum Gasteiger partial charge on any atom is -0.366 e. The number of rotatable bonds is 15. The number of nitrogens with one attached hydrogen (secondary N) is 1. The summed E-state index contributed by atoms with van der Waals surface area (Å²) in [5, 5.41) is 3.57. The molecule has 2 atom stereocenters. The lowest BCUT2D eigenvalue weighted by Crippen LogP contribution is -2.25. The fourth-order valence-corrected chi connectivity index (χ4v) is 4.04. The summed E-state index contributed by atoms with van der Waals surface area (Å²) in [6.07, 6.45) is 8.19. The van der Waals surface area contributed by atoms with Crippen molar-refractivity contribution < 1.29 is 0 Å². The zero-order valence-electron chi connectivity index (χ0n) is 20.1. The summed E-state index contributed by atoms with van der Waals surface area (Å²) in [4.78, 5) is 18.6. The van der Waals surface area contributed by atoms with Gasteiger partial charge in [-0.2, -0.15) is 0 Å². The Labute approximate surface area is 183 Å². The molecule has 170 valence electrons. The molecule has 0 aliphatic carbocycles. The number of aromatic nitrogens is 4. The van der Waals surface area contributed by atoms with Crippen molar-refractivity contribution in [3.05, 3.63) is 12.7 Å². The van der Waals surface area contributed by atoms with Crippen LogP contribution in [0.2, 0.25) is 0 Å². The fourth-order valence-electron chi connectivity index (χ4n) is 4.04. The van der Waals surface area contributed by atoms with Crippen LogP contribution in [0.1, 0.15) is 73.3 Å². The molecule has 2 rings (SSSR count). The Morgan fingerprint density at radius 2 is 1.47 bits per heavy atom. The molecule has 0 amide bonds. The van der Waals surface area contributed by atoms with Gasteiger partial charge in [-0.3, -0.25) is 0 Å². The van der Waals surface area contributed by atoms with Gasteiger partial charge >= 0.3 is 0 Å². The Hall–Kier alpha value is -1.73. The lowest BCUT2D eigenvalue weighted by molar-refractivity contribution is 0.288. The van der Waals surface area contributed by atoms with Crippen LogP contribution in [0.3, 0.4) is 0 Å². The molecule has 0 spiro atoms. The number of hydrogen-bond acceptors (Lipinski definition) is 6. The molecule has 0 saturated heterocycles. The van der Waals surface area contributed by atoms with Crippen LogP contribution < -0.4 is 5.32 Å². The zero-order valence-corrected chi connectivity index (χ0v) is 20.1. The fraction of sp³-hybridized carbons (Fsp3) is 0.783. The van der Waals surface area contributed by atoms with Gasteiger partial charge in [-0.05, 0) is 78.8 Å². The van der Waals surface area contributed by atoms with E-state index in [9.17, 15) is 0 Å². The van der Waals surface area contributed by atoms with Gasteiger partial charge in [0.1, 0.15) is 11.8 Å². The average molecular weight is 418 g/mol. The molecule has 2 aromatic heterocycles. The first-order valence-corrected chi connectivity index (χ1v) is 11.9. The molecule has 2 aromatic rings. The third kappa shape index (κ3) is 6.91. The van der Waals surface area contributed by atoms with Gasteiger partial charge in [0, 0.05) is 12.1 Å². The van der Waals surface area contributed by atoms with Gasteiger partial charge < -0.3 is 19.7 Å². The van der Waals surface area contributed by atoms with Gasteiger partial charge in [0.2, 0.25) is 0 Å². The topological polar surface area (TPSA) is 62.1 Å². The standard InChI is InChI=1S/C23H43N7/c1-7-28(8-2)15-11-13-19(5)27-22-21-23(25-17-24-22)30(18-26-21)20(6)14-12-16-29(9-3)10-4/h17-20H,7-16H2,1-6H3,(H,24,25,27). The van der Waals surface area contributed by atoms with E-state index in [1.807, 2.05) is 6.33 Å². The molecule has 0 radical (unpaired) electrons. The maximum atomic E-state index is 4.66. The number of nitrogens with zero attached hydrogens (tertiary/aromatic N) is 6. The highest BCUT2D eigenvalue weighted by Gasteiger charge is 2.15. The lowest BCUT2D eigenvalue weighted by Gasteiger charge is -2.20. The summed E-state index contributed by atoms with van der Waals surface area (Å²) in [5.74, 6) is 0.851. The van der Waals surface area contributed by atoms with Crippen molar-refractivity contribution in [1.82, 2.24) is 29.3 Å².